The van der Waals surface area contributed by atoms with Crippen molar-refractivity contribution in [1.82, 2.24) is 0 Å². The van der Waals surface area contributed by atoms with Gasteiger partial charge in [-0.15, -0.1) is 0 Å². The number of carbonyl (C=O) groups excluding carboxylic acids is 1. The average molecular weight is 516 g/mol. The minimum Gasteiger partial charge on any atom is -0.481 e. The van der Waals surface area contributed by atoms with Crippen molar-refractivity contribution in [3.8, 4) is 12.1 Å². The van der Waals surface area contributed by atoms with Crippen LogP contribution in [0.15, 0.2) is 29.2 Å². The summed E-state index contributed by atoms with van der Waals surface area (Å²) in [4.78, 5) is 20.1. The molecule has 0 aliphatic heterocycles. The van der Waals surface area contributed by atoms with Crippen molar-refractivity contribution in [2.75, 3.05) is 13.2 Å². The van der Waals surface area contributed by atoms with Gasteiger partial charge in [-0.05, 0) is 25.5 Å². The first-order valence-electron chi connectivity index (χ1n) is 10.5. The number of aliphatic hydroxyl groups is 2. The van der Waals surface area contributed by atoms with Gasteiger partial charge < -0.3 is 25.8 Å². The summed E-state index contributed by atoms with van der Waals surface area (Å²) in [5, 5.41) is 42.3. The first kappa shape index (κ1) is 34.1. The van der Waals surface area contributed by atoms with Gasteiger partial charge in [0.2, 0.25) is 0 Å². The van der Waals surface area contributed by atoms with Crippen LogP contribution in [-0.2, 0) is 28.6 Å². The van der Waals surface area contributed by atoms with E-state index >= 15 is 0 Å². The van der Waals surface area contributed by atoms with E-state index < -0.39 is 34.9 Å². The summed E-state index contributed by atoms with van der Waals surface area (Å²) >= 11 is 0. The highest BCUT2D eigenvalue weighted by Crippen LogP contribution is 2.13. The zero-order valence-electron chi connectivity index (χ0n) is 20.0. The van der Waals surface area contributed by atoms with Gasteiger partial charge in [-0.3, -0.25) is 13.8 Å². The van der Waals surface area contributed by atoms with Crippen LogP contribution in [0.25, 0.3) is 0 Å². The molecule has 13 heteroatoms. The molecule has 12 nitrogen and oxygen atoms in total. The maximum absolute atomic E-state index is 11.6. The molecule has 1 rings (SSSR count). The monoisotopic (exact) mass is 515 g/mol. The summed E-state index contributed by atoms with van der Waals surface area (Å²) in [6.45, 7) is 4.66. The summed E-state index contributed by atoms with van der Waals surface area (Å²) in [5.74, 6) is -1.34. The van der Waals surface area contributed by atoms with E-state index in [9.17, 15) is 23.1 Å². The molecule has 0 saturated carbocycles. The Labute approximate surface area is 205 Å². The smallest absolute Gasteiger partial charge is 0.306 e. The number of hydrogen-bond donors (Lipinski definition) is 4. The molecule has 0 aliphatic carbocycles. The quantitative estimate of drug-likeness (QED) is 0.239. The number of nitrogens with zero attached hydrogens (tertiary/aromatic N) is 2. The average Bonchev–Trinajstić information content (AvgIpc) is 2.78. The minimum atomic E-state index is -3.86. The van der Waals surface area contributed by atoms with Crippen LogP contribution in [0.4, 0.5) is 0 Å². The number of rotatable bonds is 11. The molecule has 0 radical (unpaired) electrons. The molecule has 0 aliphatic rings. The number of esters is 1. The van der Waals surface area contributed by atoms with E-state index in [1.807, 2.05) is 19.9 Å². The Hall–Kier alpha value is -3.07. The van der Waals surface area contributed by atoms with Gasteiger partial charge in [0, 0.05) is 13.5 Å². The first-order chi connectivity index (χ1) is 16.3. The predicted molar refractivity (Wildman–Crippen MR) is 124 cm³/mol. The maximum Gasteiger partial charge on any atom is 0.306 e. The standard InChI is InChI=1S/C11H13NO4S.C7H11NO2.C4H9NO3/c1-9-2-4-11(5-3-9)17(14,15)16-8-10(13)6-7-12;1-3-7(4-5-8)10-6(2)9;5-2-3(6)1-4(7)8/h2-5,10,13H,6,8H2,1H3;7H,3-4H2,1-2H3;3,6H,1-2,5H2,(H,7,8)/t10-;7-;3-/m101/s1. The third kappa shape index (κ3) is 19.0. The second-order valence-corrected chi connectivity index (χ2v) is 8.67. The Morgan fingerprint density at radius 2 is 1.63 bits per heavy atom. The third-order valence-electron chi connectivity index (χ3n) is 3.84. The van der Waals surface area contributed by atoms with Crippen molar-refractivity contribution in [3.63, 3.8) is 0 Å². The number of nitriles is 2. The second-order valence-electron chi connectivity index (χ2n) is 7.06. The van der Waals surface area contributed by atoms with E-state index in [0.717, 1.165) is 5.56 Å². The highest BCUT2D eigenvalue weighted by Gasteiger charge is 2.17. The molecule has 3 atom stereocenters. The fraction of sp³-hybridized carbons (Fsp3) is 0.545. The lowest BCUT2D eigenvalue weighted by Gasteiger charge is -2.09. The van der Waals surface area contributed by atoms with E-state index in [1.165, 1.54) is 19.1 Å². The second kappa shape index (κ2) is 19.3. The molecule has 0 fully saturated rings. The number of aliphatic hydroxyl groups excluding tert-OH is 2. The molecule has 0 saturated heterocycles. The van der Waals surface area contributed by atoms with Crippen LogP contribution in [0.1, 0.15) is 45.1 Å². The van der Waals surface area contributed by atoms with Crippen LogP contribution in [0.3, 0.4) is 0 Å². The van der Waals surface area contributed by atoms with Gasteiger partial charge in [-0.25, -0.2) is 0 Å². The Morgan fingerprint density at radius 3 is 2.00 bits per heavy atom. The van der Waals surface area contributed by atoms with E-state index in [4.69, 9.17) is 31.2 Å². The molecule has 0 bridgehead atoms. The number of ether oxygens (including phenoxy) is 1. The van der Waals surface area contributed by atoms with Crippen molar-refractivity contribution in [1.29, 1.82) is 10.5 Å². The van der Waals surface area contributed by atoms with Crippen LogP contribution in [0, 0.1) is 29.6 Å². The van der Waals surface area contributed by atoms with E-state index in [1.54, 1.807) is 18.2 Å². The lowest BCUT2D eigenvalue weighted by Crippen LogP contribution is -2.22. The van der Waals surface area contributed by atoms with Gasteiger partial charge in [-0.2, -0.15) is 18.9 Å². The molecular weight excluding hydrogens is 482 g/mol. The Bertz CT molecular complexity index is 938. The van der Waals surface area contributed by atoms with Gasteiger partial charge >= 0.3 is 11.9 Å². The van der Waals surface area contributed by atoms with E-state index in [0.29, 0.717) is 6.42 Å². The number of aryl methyl sites for hydroxylation is 1. The zero-order valence-corrected chi connectivity index (χ0v) is 20.8. The van der Waals surface area contributed by atoms with Gasteiger partial charge in [0.25, 0.3) is 10.1 Å². The van der Waals surface area contributed by atoms with Crippen molar-refractivity contribution in [2.24, 2.45) is 5.73 Å². The van der Waals surface area contributed by atoms with Crippen molar-refractivity contribution in [2.45, 2.75) is 69.7 Å². The zero-order chi connectivity index (χ0) is 27.4. The molecule has 196 valence electrons. The lowest BCUT2D eigenvalue weighted by atomic mass is 10.2. The number of benzene rings is 1. The van der Waals surface area contributed by atoms with Gasteiger partial charge in [0.05, 0.1) is 55.1 Å². The molecule has 5 N–H and O–H groups in total. The van der Waals surface area contributed by atoms with Crippen molar-refractivity contribution < 1.29 is 42.2 Å². The van der Waals surface area contributed by atoms with Crippen LogP contribution < -0.4 is 5.73 Å². The summed E-state index contributed by atoms with van der Waals surface area (Å²) in [6.07, 6.45) is -1.65. The highest BCUT2D eigenvalue weighted by atomic mass is 32.2. The minimum absolute atomic E-state index is 0.00625. The fourth-order valence-electron chi connectivity index (χ4n) is 2.00. The van der Waals surface area contributed by atoms with Gasteiger partial charge in [0.1, 0.15) is 6.10 Å². The number of carboxylic acids is 1. The number of hydrogen-bond acceptors (Lipinski definition) is 11. The van der Waals surface area contributed by atoms with Crippen molar-refractivity contribution in [3.05, 3.63) is 29.8 Å². The topological polar surface area (TPSA) is 221 Å². The fourth-order valence-corrected chi connectivity index (χ4v) is 2.94. The van der Waals surface area contributed by atoms with Gasteiger partial charge in [-0.1, -0.05) is 24.6 Å². The Kier molecular flexibility index (Phi) is 18.8. The van der Waals surface area contributed by atoms with E-state index in [-0.39, 0.29) is 42.8 Å². The molecule has 35 heavy (non-hydrogen) atoms. The molecule has 1 aromatic rings. The van der Waals surface area contributed by atoms with Crippen LogP contribution in [0.2, 0.25) is 0 Å². The molecule has 0 unspecified atom stereocenters. The van der Waals surface area contributed by atoms with Crippen LogP contribution in [-0.4, -0.2) is 67.1 Å². The summed E-state index contributed by atoms with van der Waals surface area (Å²) in [7, 11) is -3.86. The lowest BCUT2D eigenvalue weighted by molar-refractivity contribution is -0.146. The molecule has 0 amide bonds. The van der Waals surface area contributed by atoms with E-state index in [2.05, 4.69) is 4.18 Å². The number of nitrogens with two attached hydrogens (primary N) is 1. The van der Waals surface area contributed by atoms with Crippen LogP contribution >= 0.6 is 0 Å². The number of aliphatic carboxylic acids is 1. The third-order valence-corrected chi connectivity index (χ3v) is 5.14. The Morgan fingerprint density at radius 1 is 1.09 bits per heavy atom. The normalized spacial score (nSPS) is 12.7. The highest BCUT2D eigenvalue weighted by molar-refractivity contribution is 7.86. The molecule has 0 aromatic heterocycles. The molecule has 0 heterocycles. The first-order valence-corrected chi connectivity index (χ1v) is 11.9. The van der Waals surface area contributed by atoms with Crippen LogP contribution in [0.5, 0.6) is 0 Å². The summed E-state index contributed by atoms with van der Waals surface area (Å²) < 4.78 is 32.7. The molecule has 0 spiro atoms. The van der Waals surface area contributed by atoms with Crippen molar-refractivity contribution >= 4 is 22.1 Å². The molecular formula is C22H33N3O9S. The predicted octanol–water partition coefficient (Wildman–Crippen LogP) is 0.997. The largest absolute Gasteiger partial charge is 0.481 e. The summed E-state index contributed by atoms with van der Waals surface area (Å²) in [5.41, 5.74) is 5.85. The summed E-state index contributed by atoms with van der Waals surface area (Å²) in [6, 6.07) is 9.85. The van der Waals surface area contributed by atoms with Gasteiger partial charge in [0.15, 0.2) is 0 Å². The number of carboxylic acid groups (broad SMARTS) is 1. The molecule has 1 aromatic carbocycles. The Balaban J connectivity index is 0. The SMILES string of the molecule is CC[C@@H](CC#N)OC(C)=O.Cc1ccc(S(=O)(=O)OC[C@H](O)CC#N)cc1.NC[C@H](O)CC(=O)O. The maximum atomic E-state index is 11.6. The number of carbonyl (C=O) groups is 2.